The fourth-order valence-corrected chi connectivity index (χ4v) is 2.93. The van der Waals surface area contributed by atoms with Crippen molar-refractivity contribution in [2.75, 3.05) is 0 Å². The largest absolute Gasteiger partial charge is 0.425 e. The molecule has 1 aliphatic rings. The summed E-state index contributed by atoms with van der Waals surface area (Å²) in [6.45, 7) is 1.54. The van der Waals surface area contributed by atoms with Crippen molar-refractivity contribution in [3.63, 3.8) is 0 Å². The van der Waals surface area contributed by atoms with Crippen LogP contribution in [-0.2, 0) is 4.79 Å². The second-order valence-electron chi connectivity index (χ2n) is 5.62. The first kappa shape index (κ1) is 15.3. The molecule has 1 aromatic carbocycles. The van der Waals surface area contributed by atoms with Crippen LogP contribution in [-0.4, -0.2) is 22.1 Å². The SMILES string of the molecule is CC(Cl)(C(=O)Oc1ccccc1)C(O)C1CCCCC1. The molecule has 3 nitrogen and oxygen atoms in total. The maximum absolute atomic E-state index is 12.2. The van der Waals surface area contributed by atoms with E-state index in [0.717, 1.165) is 25.7 Å². The molecule has 2 unspecified atom stereocenters. The van der Waals surface area contributed by atoms with Gasteiger partial charge in [0, 0.05) is 0 Å². The quantitative estimate of drug-likeness (QED) is 0.525. The Kier molecular flexibility index (Phi) is 5.06. The highest BCUT2D eigenvalue weighted by Gasteiger charge is 2.44. The van der Waals surface area contributed by atoms with Gasteiger partial charge in [-0.1, -0.05) is 37.5 Å². The Morgan fingerprint density at radius 2 is 1.90 bits per heavy atom. The molecule has 2 atom stereocenters. The first-order valence-electron chi connectivity index (χ1n) is 7.16. The molecule has 4 heteroatoms. The predicted molar refractivity (Wildman–Crippen MR) is 78.9 cm³/mol. The number of hydrogen-bond donors (Lipinski definition) is 1. The summed E-state index contributed by atoms with van der Waals surface area (Å²) in [7, 11) is 0. The van der Waals surface area contributed by atoms with Gasteiger partial charge in [0.15, 0.2) is 4.87 Å². The van der Waals surface area contributed by atoms with Crippen molar-refractivity contribution in [2.45, 2.75) is 50.0 Å². The molecule has 20 heavy (non-hydrogen) atoms. The molecule has 1 aliphatic carbocycles. The number of ether oxygens (including phenoxy) is 1. The minimum absolute atomic E-state index is 0.0783. The van der Waals surface area contributed by atoms with Crippen molar-refractivity contribution in [2.24, 2.45) is 5.92 Å². The fourth-order valence-electron chi connectivity index (χ4n) is 2.71. The van der Waals surface area contributed by atoms with Gasteiger partial charge in [0.2, 0.25) is 0 Å². The molecule has 0 saturated heterocycles. The average Bonchev–Trinajstić information content (AvgIpc) is 2.48. The smallest absolute Gasteiger partial charge is 0.335 e. The van der Waals surface area contributed by atoms with Crippen molar-refractivity contribution in [3.8, 4) is 5.75 Å². The highest BCUT2D eigenvalue weighted by atomic mass is 35.5. The van der Waals surface area contributed by atoms with Crippen LogP contribution in [0.25, 0.3) is 0 Å². The summed E-state index contributed by atoms with van der Waals surface area (Å²) in [5.41, 5.74) is 0. The highest BCUT2D eigenvalue weighted by Crippen LogP contribution is 2.35. The number of hydrogen-bond acceptors (Lipinski definition) is 3. The summed E-state index contributed by atoms with van der Waals surface area (Å²) in [4.78, 5) is 10.8. The topological polar surface area (TPSA) is 46.5 Å². The van der Waals surface area contributed by atoms with Crippen LogP contribution in [0.15, 0.2) is 30.3 Å². The number of rotatable bonds is 4. The number of halogens is 1. The Balaban J connectivity index is 2.02. The molecule has 1 saturated carbocycles. The summed E-state index contributed by atoms with van der Waals surface area (Å²) >= 11 is 6.30. The number of esters is 1. The van der Waals surface area contributed by atoms with E-state index in [-0.39, 0.29) is 5.92 Å². The van der Waals surface area contributed by atoms with E-state index in [0.29, 0.717) is 5.75 Å². The van der Waals surface area contributed by atoms with Crippen LogP contribution in [0.2, 0.25) is 0 Å². The van der Waals surface area contributed by atoms with Gasteiger partial charge in [0.1, 0.15) is 5.75 Å². The van der Waals surface area contributed by atoms with Crippen LogP contribution in [0.3, 0.4) is 0 Å². The Bertz CT molecular complexity index is 438. The van der Waals surface area contributed by atoms with Gasteiger partial charge in [-0.15, -0.1) is 11.6 Å². The Hall–Kier alpha value is -1.06. The van der Waals surface area contributed by atoms with Gasteiger partial charge in [0.25, 0.3) is 0 Å². The Morgan fingerprint density at radius 3 is 2.50 bits per heavy atom. The van der Waals surface area contributed by atoms with Crippen molar-refractivity contribution >= 4 is 17.6 Å². The molecular formula is C16H21ClO3. The molecule has 2 rings (SSSR count). The van der Waals surface area contributed by atoms with Gasteiger partial charge in [-0.05, 0) is 37.8 Å². The van der Waals surface area contributed by atoms with Crippen LogP contribution in [0.4, 0.5) is 0 Å². The standard InChI is InChI=1S/C16H21ClO3/c1-16(17,14(18)12-8-4-2-5-9-12)15(19)20-13-10-6-3-7-11-13/h3,6-7,10-12,14,18H,2,4-5,8-9H2,1H3. The van der Waals surface area contributed by atoms with E-state index in [1.165, 1.54) is 6.42 Å². The van der Waals surface area contributed by atoms with Crippen LogP contribution in [0, 0.1) is 5.92 Å². The summed E-state index contributed by atoms with van der Waals surface area (Å²) in [5, 5.41) is 10.4. The first-order valence-corrected chi connectivity index (χ1v) is 7.54. The van der Waals surface area contributed by atoms with Crippen molar-refractivity contribution < 1.29 is 14.6 Å². The highest BCUT2D eigenvalue weighted by molar-refractivity contribution is 6.34. The zero-order valence-corrected chi connectivity index (χ0v) is 12.5. The Labute approximate surface area is 124 Å². The number of para-hydroxylation sites is 1. The Morgan fingerprint density at radius 1 is 1.30 bits per heavy atom. The zero-order valence-electron chi connectivity index (χ0n) is 11.7. The van der Waals surface area contributed by atoms with Crippen molar-refractivity contribution in [1.29, 1.82) is 0 Å². The minimum atomic E-state index is -1.40. The van der Waals surface area contributed by atoms with Gasteiger partial charge in [-0.3, -0.25) is 0 Å². The summed E-state index contributed by atoms with van der Waals surface area (Å²) in [5.74, 6) is -0.0711. The molecule has 1 fully saturated rings. The van der Waals surface area contributed by atoms with Gasteiger partial charge in [-0.2, -0.15) is 0 Å². The first-order chi connectivity index (χ1) is 9.51. The van der Waals surface area contributed by atoms with Crippen molar-refractivity contribution in [3.05, 3.63) is 30.3 Å². The molecule has 0 spiro atoms. The van der Waals surface area contributed by atoms with Crippen LogP contribution in [0.1, 0.15) is 39.0 Å². The maximum Gasteiger partial charge on any atom is 0.335 e. The lowest BCUT2D eigenvalue weighted by atomic mass is 9.80. The fraction of sp³-hybridized carbons (Fsp3) is 0.562. The molecular weight excluding hydrogens is 276 g/mol. The van der Waals surface area contributed by atoms with E-state index in [4.69, 9.17) is 16.3 Å². The molecule has 0 radical (unpaired) electrons. The van der Waals surface area contributed by atoms with E-state index in [1.54, 1.807) is 31.2 Å². The second-order valence-corrected chi connectivity index (χ2v) is 6.41. The molecule has 1 aromatic rings. The van der Waals surface area contributed by atoms with E-state index >= 15 is 0 Å². The molecule has 0 bridgehead atoms. The third-order valence-corrected chi connectivity index (χ3v) is 4.38. The number of alkyl halides is 1. The molecule has 0 aromatic heterocycles. The third kappa shape index (κ3) is 3.53. The number of carbonyl (C=O) groups excluding carboxylic acids is 1. The summed E-state index contributed by atoms with van der Waals surface area (Å²) in [6, 6.07) is 8.79. The molecule has 0 heterocycles. The van der Waals surface area contributed by atoms with Gasteiger partial charge < -0.3 is 9.84 Å². The lowest BCUT2D eigenvalue weighted by Crippen LogP contribution is -2.48. The summed E-state index contributed by atoms with van der Waals surface area (Å²) in [6.07, 6.45) is 4.33. The number of aliphatic hydroxyl groups is 1. The number of benzene rings is 1. The predicted octanol–water partition coefficient (Wildman–Crippen LogP) is 3.53. The molecule has 1 N–H and O–H groups in total. The van der Waals surface area contributed by atoms with E-state index in [1.807, 2.05) is 6.07 Å². The zero-order chi connectivity index (χ0) is 14.6. The van der Waals surface area contributed by atoms with E-state index in [9.17, 15) is 9.90 Å². The number of carbonyl (C=O) groups is 1. The van der Waals surface area contributed by atoms with E-state index in [2.05, 4.69) is 0 Å². The van der Waals surface area contributed by atoms with Crippen LogP contribution >= 0.6 is 11.6 Å². The monoisotopic (exact) mass is 296 g/mol. The molecule has 110 valence electrons. The van der Waals surface area contributed by atoms with Crippen LogP contribution in [0.5, 0.6) is 5.75 Å². The van der Waals surface area contributed by atoms with Crippen molar-refractivity contribution in [1.82, 2.24) is 0 Å². The second kappa shape index (κ2) is 6.59. The average molecular weight is 297 g/mol. The number of aliphatic hydroxyl groups excluding tert-OH is 1. The molecule has 0 aliphatic heterocycles. The lowest BCUT2D eigenvalue weighted by Gasteiger charge is -2.34. The van der Waals surface area contributed by atoms with E-state index < -0.39 is 16.9 Å². The van der Waals surface area contributed by atoms with Gasteiger partial charge in [0.05, 0.1) is 6.10 Å². The lowest BCUT2D eigenvalue weighted by molar-refractivity contribution is -0.141. The molecule has 0 amide bonds. The van der Waals surface area contributed by atoms with Crippen LogP contribution < -0.4 is 4.74 Å². The third-order valence-electron chi connectivity index (χ3n) is 4.00. The maximum atomic E-state index is 12.2. The normalized spacial score (nSPS) is 20.9. The summed E-state index contributed by atoms with van der Waals surface area (Å²) < 4.78 is 5.26. The minimum Gasteiger partial charge on any atom is -0.425 e. The van der Waals surface area contributed by atoms with Gasteiger partial charge >= 0.3 is 5.97 Å². The van der Waals surface area contributed by atoms with Gasteiger partial charge in [-0.25, -0.2) is 4.79 Å².